The molecule has 2 rings (SSSR count). The van der Waals surface area contributed by atoms with Gasteiger partial charge < -0.3 is 5.32 Å². The lowest BCUT2D eigenvalue weighted by Gasteiger charge is -2.17. The van der Waals surface area contributed by atoms with Crippen LogP contribution in [0.15, 0.2) is 15.2 Å². The van der Waals surface area contributed by atoms with Crippen LogP contribution in [0.5, 0.6) is 0 Å². The van der Waals surface area contributed by atoms with E-state index in [4.69, 9.17) is 11.6 Å². The molecular weight excluding hydrogens is 358 g/mol. The van der Waals surface area contributed by atoms with Crippen molar-refractivity contribution in [1.29, 1.82) is 0 Å². The Morgan fingerprint density at radius 2 is 2.25 bits per heavy atom. The molecule has 1 atom stereocenters. The van der Waals surface area contributed by atoms with Gasteiger partial charge in [0.2, 0.25) is 0 Å². The van der Waals surface area contributed by atoms with E-state index in [0.29, 0.717) is 0 Å². The van der Waals surface area contributed by atoms with Crippen molar-refractivity contribution in [3.05, 3.63) is 37.2 Å². The summed E-state index contributed by atoms with van der Waals surface area (Å²) in [6.07, 6.45) is 0.852. The lowest BCUT2D eigenvalue weighted by molar-refractivity contribution is 0.517. The maximum absolute atomic E-state index is 6.41. The Kier molecular flexibility index (Phi) is 5.66. The van der Waals surface area contributed by atoms with Crippen LogP contribution in [0.2, 0.25) is 5.02 Å². The summed E-state index contributed by atoms with van der Waals surface area (Å²) in [6.45, 7) is 7.94. The second-order valence-electron chi connectivity index (χ2n) is 4.66. The first-order valence-corrected chi connectivity index (χ1v) is 8.80. The highest BCUT2D eigenvalue weighted by molar-refractivity contribution is 9.11. The minimum absolute atomic E-state index is 0.265. The van der Waals surface area contributed by atoms with E-state index >= 15 is 0 Å². The highest BCUT2D eigenvalue weighted by Crippen LogP contribution is 2.30. The van der Waals surface area contributed by atoms with Crippen molar-refractivity contribution < 1.29 is 0 Å². The fourth-order valence-corrected chi connectivity index (χ4v) is 3.76. The molecule has 0 fully saturated rings. The second-order valence-corrected chi connectivity index (χ2v) is 7.33. The zero-order chi connectivity index (χ0) is 14.7. The van der Waals surface area contributed by atoms with Crippen molar-refractivity contribution in [2.45, 2.75) is 39.8 Å². The minimum atomic E-state index is 0.265. The molecule has 0 aliphatic heterocycles. The summed E-state index contributed by atoms with van der Waals surface area (Å²) in [7, 11) is 0. The number of rotatable bonds is 6. The Balaban J connectivity index is 2.28. The number of nitrogens with zero attached hydrogens (tertiary/aromatic N) is 2. The topological polar surface area (TPSA) is 29.9 Å². The number of hydrogen-bond acceptors (Lipinski definition) is 3. The second kappa shape index (κ2) is 7.07. The van der Waals surface area contributed by atoms with E-state index in [1.165, 1.54) is 5.56 Å². The largest absolute Gasteiger partial charge is 0.310 e. The van der Waals surface area contributed by atoms with Gasteiger partial charge in [0.25, 0.3) is 0 Å². The first-order chi connectivity index (χ1) is 9.56. The monoisotopic (exact) mass is 375 g/mol. The third kappa shape index (κ3) is 3.45. The molecule has 20 heavy (non-hydrogen) atoms. The summed E-state index contributed by atoms with van der Waals surface area (Å²) < 4.78 is 3.16. The minimum Gasteiger partial charge on any atom is -0.310 e. The molecule has 1 N–H and O–H groups in total. The SMILES string of the molecule is CCNC(Cc1c(Cl)c(C)nn1CC)c1csc(Br)c1. The smallest absolute Gasteiger partial charge is 0.0847 e. The predicted octanol–water partition coefficient (Wildman–Crippen LogP) is 4.58. The quantitative estimate of drug-likeness (QED) is 0.799. The van der Waals surface area contributed by atoms with Crippen LogP contribution in [-0.2, 0) is 13.0 Å². The number of likely N-dealkylation sites (N-methyl/N-ethyl adjacent to an activating group) is 1. The van der Waals surface area contributed by atoms with Crippen molar-refractivity contribution in [1.82, 2.24) is 15.1 Å². The summed E-state index contributed by atoms with van der Waals surface area (Å²) in [5.41, 5.74) is 3.31. The molecule has 0 saturated carbocycles. The van der Waals surface area contributed by atoms with Gasteiger partial charge in [-0.1, -0.05) is 18.5 Å². The van der Waals surface area contributed by atoms with Crippen LogP contribution in [0.1, 0.15) is 36.8 Å². The summed E-state index contributed by atoms with van der Waals surface area (Å²) in [5.74, 6) is 0. The van der Waals surface area contributed by atoms with Crippen LogP contribution in [-0.4, -0.2) is 16.3 Å². The summed E-state index contributed by atoms with van der Waals surface area (Å²) in [4.78, 5) is 0. The Labute approximate surface area is 137 Å². The molecule has 0 spiro atoms. The Morgan fingerprint density at radius 1 is 1.50 bits per heavy atom. The Hall–Kier alpha value is -0.360. The Bertz CT molecular complexity index is 579. The highest BCUT2D eigenvalue weighted by atomic mass is 79.9. The molecule has 1 unspecified atom stereocenters. The van der Waals surface area contributed by atoms with E-state index in [-0.39, 0.29) is 6.04 Å². The zero-order valence-electron chi connectivity index (χ0n) is 11.9. The summed E-state index contributed by atoms with van der Waals surface area (Å²) in [5, 5.41) is 11.0. The van der Waals surface area contributed by atoms with Gasteiger partial charge >= 0.3 is 0 Å². The molecule has 0 aromatic carbocycles. The first-order valence-electron chi connectivity index (χ1n) is 6.75. The Morgan fingerprint density at radius 3 is 2.80 bits per heavy atom. The molecule has 0 aliphatic carbocycles. The van der Waals surface area contributed by atoms with E-state index in [2.05, 4.69) is 51.6 Å². The van der Waals surface area contributed by atoms with Gasteiger partial charge in [-0.15, -0.1) is 11.3 Å². The van der Waals surface area contributed by atoms with E-state index in [1.807, 2.05) is 11.6 Å². The lowest BCUT2D eigenvalue weighted by Crippen LogP contribution is -2.23. The van der Waals surface area contributed by atoms with Crippen molar-refractivity contribution in [3.8, 4) is 0 Å². The van der Waals surface area contributed by atoms with Gasteiger partial charge in [0.15, 0.2) is 0 Å². The van der Waals surface area contributed by atoms with Crippen molar-refractivity contribution >= 4 is 38.9 Å². The number of hydrogen-bond donors (Lipinski definition) is 1. The third-order valence-electron chi connectivity index (χ3n) is 3.29. The average molecular weight is 377 g/mol. The van der Waals surface area contributed by atoms with Crippen molar-refractivity contribution in [3.63, 3.8) is 0 Å². The zero-order valence-corrected chi connectivity index (χ0v) is 15.1. The maximum atomic E-state index is 6.41. The van der Waals surface area contributed by atoms with Gasteiger partial charge in [-0.25, -0.2) is 0 Å². The van der Waals surface area contributed by atoms with E-state index < -0.39 is 0 Å². The molecular formula is C14H19BrClN3S. The van der Waals surface area contributed by atoms with Crippen LogP contribution < -0.4 is 5.32 Å². The average Bonchev–Trinajstić information content (AvgIpc) is 2.96. The lowest BCUT2D eigenvalue weighted by atomic mass is 10.0. The molecule has 2 aromatic rings. The number of aromatic nitrogens is 2. The van der Waals surface area contributed by atoms with Gasteiger partial charge in [0.05, 0.1) is 20.2 Å². The summed E-state index contributed by atoms with van der Waals surface area (Å²) >= 11 is 11.7. The third-order valence-corrected chi connectivity index (χ3v) is 5.31. The molecule has 2 heterocycles. The molecule has 0 saturated heterocycles. The summed E-state index contributed by atoms with van der Waals surface area (Å²) in [6, 6.07) is 2.44. The van der Waals surface area contributed by atoms with Gasteiger partial charge in [-0.3, -0.25) is 4.68 Å². The van der Waals surface area contributed by atoms with Crippen LogP contribution >= 0.6 is 38.9 Å². The van der Waals surface area contributed by atoms with E-state index in [1.54, 1.807) is 11.3 Å². The molecule has 110 valence electrons. The van der Waals surface area contributed by atoms with Crippen LogP contribution in [0.3, 0.4) is 0 Å². The highest BCUT2D eigenvalue weighted by Gasteiger charge is 2.19. The molecule has 0 amide bonds. The molecule has 6 heteroatoms. The van der Waals surface area contributed by atoms with Gasteiger partial charge in [0.1, 0.15) is 0 Å². The predicted molar refractivity (Wildman–Crippen MR) is 89.8 cm³/mol. The van der Waals surface area contributed by atoms with Crippen molar-refractivity contribution in [2.24, 2.45) is 0 Å². The van der Waals surface area contributed by atoms with Crippen LogP contribution in [0, 0.1) is 6.92 Å². The number of thiophene rings is 1. The van der Waals surface area contributed by atoms with E-state index in [9.17, 15) is 0 Å². The first kappa shape index (κ1) is 16.0. The number of halogens is 2. The molecule has 0 radical (unpaired) electrons. The molecule has 2 aromatic heterocycles. The number of aryl methyl sites for hydroxylation is 2. The van der Waals surface area contributed by atoms with Gasteiger partial charge in [-0.2, -0.15) is 5.10 Å². The molecule has 0 aliphatic rings. The fourth-order valence-electron chi connectivity index (χ4n) is 2.32. The van der Waals surface area contributed by atoms with Gasteiger partial charge in [0, 0.05) is 19.0 Å². The van der Waals surface area contributed by atoms with Crippen LogP contribution in [0.25, 0.3) is 0 Å². The maximum Gasteiger partial charge on any atom is 0.0847 e. The van der Waals surface area contributed by atoms with Crippen LogP contribution in [0.4, 0.5) is 0 Å². The van der Waals surface area contributed by atoms with Crippen molar-refractivity contribution in [2.75, 3.05) is 6.54 Å². The standard InChI is InChI=1S/C14H19BrClN3S/c1-4-17-11(10-6-13(15)20-8-10)7-12-14(16)9(3)18-19(12)5-2/h6,8,11,17H,4-5,7H2,1-3H3. The van der Waals surface area contributed by atoms with E-state index in [0.717, 1.165) is 39.7 Å². The molecule has 3 nitrogen and oxygen atoms in total. The van der Waals surface area contributed by atoms with Gasteiger partial charge in [-0.05, 0) is 53.3 Å². The fraction of sp³-hybridized carbons (Fsp3) is 0.500. The number of nitrogens with one attached hydrogen (secondary N) is 1. The normalized spacial score (nSPS) is 12.8. The molecule has 0 bridgehead atoms.